The van der Waals surface area contributed by atoms with Crippen molar-refractivity contribution in [3.63, 3.8) is 0 Å². The molecule has 0 fully saturated rings. The minimum Gasteiger partial charge on any atom is -0.408 e. The molecule has 0 unspecified atom stereocenters. The lowest BCUT2D eigenvalue weighted by atomic mass is 9.95. The van der Waals surface area contributed by atoms with Crippen molar-refractivity contribution < 1.29 is 4.42 Å². The molecule has 0 aliphatic rings. The highest BCUT2D eigenvalue weighted by Gasteiger charge is 2.13. The van der Waals surface area contributed by atoms with Gasteiger partial charge in [0.1, 0.15) is 0 Å². The molecule has 0 saturated carbocycles. The zero-order valence-electron chi connectivity index (χ0n) is 10.1. The summed E-state index contributed by atoms with van der Waals surface area (Å²) in [5, 5.41) is 0. The lowest BCUT2D eigenvalue weighted by Crippen LogP contribution is -1.94. The third-order valence-corrected chi connectivity index (χ3v) is 2.86. The molecule has 0 bridgehead atoms. The van der Waals surface area contributed by atoms with Crippen molar-refractivity contribution in [1.82, 2.24) is 4.98 Å². The third-order valence-electron chi connectivity index (χ3n) is 2.86. The predicted octanol–water partition coefficient (Wildman–Crippen LogP) is 3.37. The maximum absolute atomic E-state index is 11.2. The van der Waals surface area contributed by atoms with Crippen molar-refractivity contribution >= 4 is 11.1 Å². The van der Waals surface area contributed by atoms with Gasteiger partial charge in [-0.3, -0.25) is 4.98 Å². The van der Waals surface area contributed by atoms with E-state index in [2.05, 4.69) is 38.7 Å². The van der Waals surface area contributed by atoms with Crippen LogP contribution in [-0.4, -0.2) is 4.98 Å². The number of aromatic nitrogens is 1. The summed E-state index contributed by atoms with van der Waals surface area (Å²) in [7, 11) is 0. The average Bonchev–Trinajstić information content (AvgIpc) is 2.55. The van der Waals surface area contributed by atoms with Gasteiger partial charge in [-0.1, -0.05) is 33.8 Å². The van der Waals surface area contributed by atoms with Crippen LogP contribution in [0.3, 0.4) is 0 Å². The van der Waals surface area contributed by atoms with E-state index < -0.39 is 0 Å². The summed E-state index contributed by atoms with van der Waals surface area (Å²) >= 11 is 0. The van der Waals surface area contributed by atoms with Crippen LogP contribution in [-0.2, 0) is 0 Å². The Morgan fingerprint density at radius 2 is 1.81 bits per heavy atom. The Labute approximate surface area is 94.5 Å². The fraction of sp³-hybridized carbons (Fsp3) is 0.462. The molecule has 0 amide bonds. The van der Waals surface area contributed by atoms with Gasteiger partial charge in [0.2, 0.25) is 0 Å². The molecule has 1 heterocycles. The summed E-state index contributed by atoms with van der Waals surface area (Å²) in [5.41, 5.74) is 3.83. The van der Waals surface area contributed by atoms with Crippen molar-refractivity contribution in [3.8, 4) is 0 Å². The van der Waals surface area contributed by atoms with E-state index in [4.69, 9.17) is 4.42 Å². The van der Waals surface area contributed by atoms with Crippen LogP contribution >= 0.6 is 0 Å². The second-order valence-corrected chi connectivity index (χ2v) is 4.81. The smallest absolute Gasteiger partial charge is 0.408 e. The molecule has 0 radical (unpaired) electrons. The molecule has 3 nitrogen and oxygen atoms in total. The van der Waals surface area contributed by atoms with Gasteiger partial charge >= 0.3 is 5.76 Å². The molecule has 2 aromatic rings. The largest absolute Gasteiger partial charge is 0.417 e. The van der Waals surface area contributed by atoms with Crippen molar-refractivity contribution in [2.45, 2.75) is 39.5 Å². The second-order valence-electron chi connectivity index (χ2n) is 4.81. The van der Waals surface area contributed by atoms with Crippen LogP contribution in [0.15, 0.2) is 21.3 Å². The Bertz CT molecular complexity index is 561. The second kappa shape index (κ2) is 3.81. The molecule has 0 saturated heterocycles. The molecule has 1 aromatic carbocycles. The lowest BCUT2D eigenvalue weighted by Gasteiger charge is -2.11. The minimum atomic E-state index is -0.377. The van der Waals surface area contributed by atoms with Crippen molar-refractivity contribution in [3.05, 3.63) is 33.8 Å². The fourth-order valence-electron chi connectivity index (χ4n) is 1.87. The molecule has 1 aromatic heterocycles. The maximum atomic E-state index is 11.2. The first-order chi connectivity index (χ1) is 7.49. The number of oxazole rings is 1. The van der Waals surface area contributed by atoms with Gasteiger partial charge in [0.15, 0.2) is 5.58 Å². The number of aromatic amines is 1. The molecule has 0 aliphatic heterocycles. The molecule has 3 heteroatoms. The summed E-state index contributed by atoms with van der Waals surface area (Å²) in [6.07, 6.45) is 0. The normalized spacial score (nSPS) is 11.9. The Morgan fingerprint density at radius 3 is 2.38 bits per heavy atom. The van der Waals surface area contributed by atoms with E-state index in [0.29, 0.717) is 17.4 Å². The first kappa shape index (κ1) is 11.0. The van der Waals surface area contributed by atoms with Gasteiger partial charge in [-0.15, -0.1) is 0 Å². The van der Waals surface area contributed by atoms with E-state index in [-0.39, 0.29) is 5.76 Å². The molecule has 0 spiro atoms. The van der Waals surface area contributed by atoms with Crippen LogP contribution in [0.1, 0.15) is 50.7 Å². The highest BCUT2D eigenvalue weighted by Crippen LogP contribution is 2.28. The molecule has 0 atom stereocenters. The molecule has 2 rings (SSSR count). The quantitative estimate of drug-likeness (QED) is 0.841. The molecular weight excluding hydrogens is 202 g/mol. The number of benzene rings is 1. The van der Waals surface area contributed by atoms with Crippen LogP contribution in [0, 0.1) is 0 Å². The lowest BCUT2D eigenvalue weighted by molar-refractivity contribution is 0.549. The summed E-state index contributed by atoms with van der Waals surface area (Å²) in [4.78, 5) is 13.9. The van der Waals surface area contributed by atoms with Crippen LogP contribution in [0.5, 0.6) is 0 Å². The van der Waals surface area contributed by atoms with Gasteiger partial charge in [0, 0.05) is 0 Å². The van der Waals surface area contributed by atoms with Gasteiger partial charge in [-0.25, -0.2) is 4.79 Å². The van der Waals surface area contributed by atoms with Crippen LogP contribution < -0.4 is 5.76 Å². The molecule has 1 N–H and O–H groups in total. The average molecular weight is 219 g/mol. The van der Waals surface area contributed by atoms with Crippen molar-refractivity contribution in [2.24, 2.45) is 0 Å². The van der Waals surface area contributed by atoms with E-state index in [9.17, 15) is 4.79 Å². The summed E-state index contributed by atoms with van der Waals surface area (Å²) in [6.45, 7) is 8.49. The Hall–Kier alpha value is -1.51. The number of fused-ring (bicyclic) bond motifs is 1. The zero-order chi connectivity index (χ0) is 11.9. The number of rotatable bonds is 2. The number of H-pyrrole nitrogens is 1. The highest BCUT2D eigenvalue weighted by molar-refractivity contribution is 5.77. The van der Waals surface area contributed by atoms with E-state index in [0.717, 1.165) is 11.1 Å². The predicted molar refractivity (Wildman–Crippen MR) is 65.0 cm³/mol. The van der Waals surface area contributed by atoms with E-state index >= 15 is 0 Å². The monoisotopic (exact) mass is 219 g/mol. The first-order valence-corrected chi connectivity index (χ1v) is 5.65. The molecule has 16 heavy (non-hydrogen) atoms. The summed E-state index contributed by atoms with van der Waals surface area (Å²) in [5.74, 6) is 0.415. The summed E-state index contributed by atoms with van der Waals surface area (Å²) < 4.78 is 5.18. The Balaban J connectivity index is 2.78. The van der Waals surface area contributed by atoms with Crippen LogP contribution in [0.4, 0.5) is 0 Å². The van der Waals surface area contributed by atoms with Gasteiger partial charge in [-0.2, -0.15) is 0 Å². The highest BCUT2D eigenvalue weighted by atomic mass is 16.4. The minimum absolute atomic E-state index is 0.347. The van der Waals surface area contributed by atoms with Gasteiger partial charge in [-0.05, 0) is 29.0 Å². The first-order valence-electron chi connectivity index (χ1n) is 5.65. The zero-order valence-corrected chi connectivity index (χ0v) is 10.1. The Morgan fingerprint density at radius 1 is 1.12 bits per heavy atom. The van der Waals surface area contributed by atoms with E-state index in [1.54, 1.807) is 0 Å². The SMILES string of the molecule is CC(C)c1cc(C(C)C)c2oc(=O)[nH]c2c1. The fourth-order valence-corrected chi connectivity index (χ4v) is 1.87. The molecule has 0 aliphatic carbocycles. The third kappa shape index (κ3) is 1.77. The number of hydrogen-bond donors (Lipinski definition) is 1. The van der Waals surface area contributed by atoms with Crippen LogP contribution in [0.2, 0.25) is 0 Å². The van der Waals surface area contributed by atoms with Gasteiger partial charge in [0.05, 0.1) is 5.52 Å². The molecular formula is C13H17NO2. The van der Waals surface area contributed by atoms with Gasteiger partial charge < -0.3 is 4.42 Å². The topological polar surface area (TPSA) is 46.0 Å². The number of nitrogens with one attached hydrogen (secondary N) is 1. The van der Waals surface area contributed by atoms with E-state index in [1.807, 2.05) is 6.07 Å². The Kier molecular flexibility index (Phi) is 2.62. The summed E-state index contributed by atoms with van der Waals surface area (Å²) in [6, 6.07) is 4.13. The van der Waals surface area contributed by atoms with Crippen molar-refractivity contribution in [2.75, 3.05) is 0 Å². The van der Waals surface area contributed by atoms with Crippen LogP contribution in [0.25, 0.3) is 11.1 Å². The van der Waals surface area contributed by atoms with Crippen molar-refractivity contribution in [1.29, 1.82) is 0 Å². The standard InChI is InChI=1S/C13H17NO2/c1-7(2)9-5-10(8(3)4)12-11(6-9)14-13(15)16-12/h5-8H,1-4H3,(H,14,15). The molecule has 86 valence electrons. The van der Waals surface area contributed by atoms with E-state index in [1.165, 1.54) is 5.56 Å². The van der Waals surface area contributed by atoms with Gasteiger partial charge in [0.25, 0.3) is 0 Å². The number of hydrogen-bond acceptors (Lipinski definition) is 2. The maximum Gasteiger partial charge on any atom is 0.417 e.